The molecule has 1 aliphatic rings. The molecule has 2 atom stereocenters. The average Bonchev–Trinajstić information content (AvgIpc) is 2.82. The summed E-state index contributed by atoms with van der Waals surface area (Å²) < 4.78 is 0. The molecule has 2 unspecified atom stereocenters. The third-order valence-electron chi connectivity index (χ3n) is 3.78. The highest BCUT2D eigenvalue weighted by Gasteiger charge is 2.23. The van der Waals surface area contributed by atoms with Crippen LogP contribution in [-0.4, -0.2) is 37.0 Å². The van der Waals surface area contributed by atoms with Crippen LogP contribution in [0, 0.1) is 5.92 Å². The van der Waals surface area contributed by atoms with Crippen molar-refractivity contribution in [2.45, 2.75) is 58.4 Å². The summed E-state index contributed by atoms with van der Waals surface area (Å²) in [4.78, 5) is 14.2. The van der Waals surface area contributed by atoms with Crippen LogP contribution in [0.2, 0.25) is 0 Å². The van der Waals surface area contributed by atoms with Gasteiger partial charge in [0.1, 0.15) is 0 Å². The van der Waals surface area contributed by atoms with Gasteiger partial charge >= 0.3 is 0 Å². The van der Waals surface area contributed by atoms with Crippen LogP contribution in [0.5, 0.6) is 0 Å². The molecule has 1 fully saturated rings. The van der Waals surface area contributed by atoms with E-state index in [1.807, 2.05) is 11.9 Å². The van der Waals surface area contributed by atoms with Crippen LogP contribution >= 0.6 is 0 Å². The predicted molar refractivity (Wildman–Crippen MR) is 72.0 cm³/mol. The lowest BCUT2D eigenvalue weighted by Crippen LogP contribution is -2.41. The zero-order chi connectivity index (χ0) is 12.7. The summed E-state index contributed by atoms with van der Waals surface area (Å²) in [5.74, 6) is 0.580. The Balaban J connectivity index is 2.36. The molecule has 1 amide bonds. The van der Waals surface area contributed by atoms with Gasteiger partial charge in [0.05, 0.1) is 0 Å². The molecular formula is C14H28N2O. The van der Waals surface area contributed by atoms with Gasteiger partial charge in [-0.25, -0.2) is 0 Å². The Kier molecular flexibility index (Phi) is 6.56. The van der Waals surface area contributed by atoms with Crippen molar-refractivity contribution in [3.8, 4) is 0 Å². The van der Waals surface area contributed by atoms with Gasteiger partial charge < -0.3 is 10.2 Å². The number of carbonyl (C=O) groups is 1. The lowest BCUT2D eigenvalue weighted by Gasteiger charge is -2.25. The zero-order valence-corrected chi connectivity index (χ0v) is 11.7. The first-order valence-electron chi connectivity index (χ1n) is 7.17. The molecule has 0 radical (unpaired) electrons. The molecule has 0 saturated carbocycles. The molecule has 0 aromatic carbocycles. The second-order valence-corrected chi connectivity index (χ2v) is 5.26. The topological polar surface area (TPSA) is 32.3 Å². The third kappa shape index (κ3) is 4.66. The van der Waals surface area contributed by atoms with Crippen LogP contribution < -0.4 is 5.32 Å². The lowest BCUT2D eigenvalue weighted by molar-refractivity contribution is -0.134. The molecule has 0 aliphatic carbocycles. The molecule has 3 heteroatoms. The second kappa shape index (κ2) is 7.70. The fourth-order valence-electron chi connectivity index (χ4n) is 2.60. The monoisotopic (exact) mass is 240 g/mol. The highest BCUT2D eigenvalue weighted by molar-refractivity contribution is 5.78. The van der Waals surface area contributed by atoms with E-state index in [1.165, 1.54) is 25.7 Å². The number of nitrogens with zero attached hydrogens (tertiary/aromatic N) is 1. The Labute approximate surface area is 106 Å². The summed E-state index contributed by atoms with van der Waals surface area (Å²) in [5, 5.41) is 3.45. The van der Waals surface area contributed by atoms with Crippen LogP contribution in [-0.2, 0) is 4.79 Å². The number of nitrogens with one attached hydrogen (secondary N) is 1. The number of amides is 1. The van der Waals surface area contributed by atoms with E-state index in [-0.39, 0.29) is 5.92 Å². The van der Waals surface area contributed by atoms with Gasteiger partial charge in [0.2, 0.25) is 5.91 Å². The number of carbonyl (C=O) groups excluding carboxylic acids is 1. The van der Waals surface area contributed by atoms with E-state index >= 15 is 0 Å². The van der Waals surface area contributed by atoms with Crippen molar-refractivity contribution in [3.05, 3.63) is 0 Å². The molecule has 1 heterocycles. The van der Waals surface area contributed by atoms with E-state index in [2.05, 4.69) is 19.2 Å². The molecule has 1 N–H and O–H groups in total. The van der Waals surface area contributed by atoms with Gasteiger partial charge in [-0.3, -0.25) is 4.79 Å². The Hall–Kier alpha value is -0.570. The van der Waals surface area contributed by atoms with Crippen molar-refractivity contribution in [2.24, 2.45) is 5.92 Å². The van der Waals surface area contributed by atoms with Crippen molar-refractivity contribution in [1.82, 2.24) is 10.2 Å². The summed E-state index contributed by atoms with van der Waals surface area (Å²) >= 11 is 0. The quantitative estimate of drug-likeness (QED) is 0.741. The second-order valence-electron chi connectivity index (χ2n) is 5.26. The Morgan fingerprint density at radius 3 is 2.76 bits per heavy atom. The maximum Gasteiger partial charge on any atom is 0.225 e. The standard InChI is InChI=1S/C14H28N2O/c1-4-6-8-12(5-2)14(17)16(3)11-13-9-7-10-15-13/h12-13,15H,4-11H2,1-3H3. The molecule has 0 spiro atoms. The van der Waals surface area contributed by atoms with E-state index < -0.39 is 0 Å². The number of unbranched alkanes of at least 4 members (excludes halogenated alkanes) is 1. The lowest BCUT2D eigenvalue weighted by atomic mass is 9.97. The minimum atomic E-state index is 0.237. The largest absolute Gasteiger partial charge is 0.344 e. The summed E-state index contributed by atoms with van der Waals surface area (Å²) in [7, 11) is 1.96. The van der Waals surface area contributed by atoms with Crippen LogP contribution in [0.25, 0.3) is 0 Å². The third-order valence-corrected chi connectivity index (χ3v) is 3.78. The van der Waals surface area contributed by atoms with Crippen molar-refractivity contribution in [2.75, 3.05) is 20.1 Å². The Morgan fingerprint density at radius 2 is 2.24 bits per heavy atom. The van der Waals surface area contributed by atoms with Gasteiger partial charge in [-0.2, -0.15) is 0 Å². The van der Waals surface area contributed by atoms with Gasteiger partial charge in [0.25, 0.3) is 0 Å². The molecular weight excluding hydrogens is 212 g/mol. The summed E-state index contributed by atoms with van der Waals surface area (Å²) in [6.45, 7) is 6.30. The Morgan fingerprint density at radius 1 is 1.47 bits per heavy atom. The average molecular weight is 240 g/mol. The van der Waals surface area contributed by atoms with Crippen molar-refractivity contribution in [3.63, 3.8) is 0 Å². The molecule has 17 heavy (non-hydrogen) atoms. The van der Waals surface area contributed by atoms with Crippen molar-refractivity contribution in [1.29, 1.82) is 0 Å². The summed E-state index contributed by atoms with van der Waals surface area (Å²) in [6.07, 6.45) is 6.83. The molecule has 100 valence electrons. The van der Waals surface area contributed by atoms with E-state index in [4.69, 9.17) is 0 Å². The molecule has 0 bridgehead atoms. The van der Waals surface area contributed by atoms with Crippen molar-refractivity contribution >= 4 is 5.91 Å². The van der Waals surface area contributed by atoms with Gasteiger partial charge in [-0.1, -0.05) is 26.7 Å². The van der Waals surface area contributed by atoms with Gasteiger partial charge in [0.15, 0.2) is 0 Å². The maximum absolute atomic E-state index is 12.3. The highest BCUT2D eigenvalue weighted by Crippen LogP contribution is 2.16. The normalized spacial score (nSPS) is 21.5. The van der Waals surface area contributed by atoms with Crippen LogP contribution in [0.3, 0.4) is 0 Å². The molecule has 3 nitrogen and oxygen atoms in total. The fourth-order valence-corrected chi connectivity index (χ4v) is 2.60. The smallest absolute Gasteiger partial charge is 0.225 e. The molecule has 1 rings (SSSR count). The summed E-state index contributed by atoms with van der Waals surface area (Å²) in [5.41, 5.74) is 0. The number of rotatable bonds is 7. The molecule has 0 aromatic heterocycles. The number of hydrogen-bond acceptors (Lipinski definition) is 2. The number of likely N-dealkylation sites (N-methyl/N-ethyl adjacent to an activating group) is 1. The first kappa shape index (κ1) is 14.5. The van der Waals surface area contributed by atoms with E-state index in [0.717, 1.165) is 25.9 Å². The van der Waals surface area contributed by atoms with Gasteiger partial charge in [-0.05, 0) is 32.2 Å². The highest BCUT2D eigenvalue weighted by atomic mass is 16.2. The first-order chi connectivity index (χ1) is 8.19. The molecule has 1 aliphatic heterocycles. The van der Waals surface area contributed by atoms with Crippen LogP contribution in [0.1, 0.15) is 52.4 Å². The van der Waals surface area contributed by atoms with Gasteiger partial charge in [-0.15, -0.1) is 0 Å². The minimum absolute atomic E-state index is 0.237. The van der Waals surface area contributed by atoms with E-state index in [9.17, 15) is 4.79 Å². The van der Waals surface area contributed by atoms with E-state index in [0.29, 0.717) is 11.9 Å². The number of hydrogen-bond donors (Lipinski definition) is 1. The van der Waals surface area contributed by atoms with Crippen molar-refractivity contribution < 1.29 is 4.79 Å². The molecule has 1 saturated heterocycles. The first-order valence-corrected chi connectivity index (χ1v) is 7.17. The predicted octanol–water partition coefficient (Wildman–Crippen LogP) is 2.41. The van der Waals surface area contributed by atoms with Crippen LogP contribution in [0.15, 0.2) is 0 Å². The Bertz CT molecular complexity index is 224. The fraction of sp³-hybridized carbons (Fsp3) is 0.929. The van der Waals surface area contributed by atoms with Crippen LogP contribution in [0.4, 0.5) is 0 Å². The molecule has 0 aromatic rings. The zero-order valence-electron chi connectivity index (χ0n) is 11.7. The minimum Gasteiger partial charge on any atom is -0.344 e. The van der Waals surface area contributed by atoms with Gasteiger partial charge in [0, 0.05) is 25.6 Å². The van der Waals surface area contributed by atoms with E-state index in [1.54, 1.807) is 0 Å². The summed E-state index contributed by atoms with van der Waals surface area (Å²) in [6, 6.07) is 0.521. The SMILES string of the molecule is CCCCC(CC)C(=O)N(C)CC1CCCN1. The maximum atomic E-state index is 12.3.